The molecule has 0 atom stereocenters. The first-order valence-electron chi connectivity index (χ1n) is 9.70. The third kappa shape index (κ3) is 5.71. The van der Waals surface area contributed by atoms with Crippen molar-refractivity contribution in [3.8, 4) is 5.75 Å². The van der Waals surface area contributed by atoms with Crippen molar-refractivity contribution in [3.05, 3.63) is 62.2 Å². The molecular weight excluding hydrogens is 440 g/mol. The summed E-state index contributed by atoms with van der Waals surface area (Å²) in [7, 11) is 1.33. The Balaban J connectivity index is 1.74. The van der Waals surface area contributed by atoms with Crippen LogP contribution >= 0.6 is 0 Å². The summed E-state index contributed by atoms with van der Waals surface area (Å²) in [5.41, 5.74) is -0.182. The van der Waals surface area contributed by atoms with Gasteiger partial charge in [0.15, 0.2) is 6.61 Å². The first-order chi connectivity index (χ1) is 15.8. The molecule has 0 aliphatic carbocycles. The highest BCUT2D eigenvalue weighted by atomic mass is 16.6. The SMILES string of the molecule is COc1ccc([N+](=O)[O-])cc1NC(=O)COC(=O)c1cc([N+](=O)[O-])ccc1N1CCOCC1. The lowest BCUT2D eigenvalue weighted by Gasteiger charge is -2.30. The zero-order chi connectivity index (χ0) is 24.0. The number of nitro benzene ring substituents is 2. The zero-order valence-electron chi connectivity index (χ0n) is 17.5. The van der Waals surface area contributed by atoms with Crippen LogP contribution in [-0.2, 0) is 14.3 Å². The standard InChI is InChI=1S/C20H20N4O9/c1-31-18-5-3-14(24(29)30)11-16(18)21-19(25)12-33-20(26)15-10-13(23(27)28)2-4-17(15)22-6-8-32-9-7-22/h2-5,10-11H,6-9,12H2,1H3,(H,21,25). The monoisotopic (exact) mass is 460 g/mol. The Morgan fingerprint density at radius 3 is 2.33 bits per heavy atom. The number of morpholine rings is 1. The average molecular weight is 460 g/mol. The number of anilines is 2. The van der Waals surface area contributed by atoms with Gasteiger partial charge in [-0.3, -0.25) is 25.0 Å². The van der Waals surface area contributed by atoms with Crippen molar-refractivity contribution in [1.29, 1.82) is 0 Å². The van der Waals surface area contributed by atoms with Gasteiger partial charge in [-0.1, -0.05) is 0 Å². The molecule has 1 N–H and O–H groups in total. The summed E-state index contributed by atoms with van der Waals surface area (Å²) in [4.78, 5) is 47.7. The molecule has 2 aromatic carbocycles. The van der Waals surface area contributed by atoms with Crippen LogP contribution in [0.25, 0.3) is 0 Å². The molecule has 174 valence electrons. The lowest BCUT2D eigenvalue weighted by molar-refractivity contribution is -0.385. The minimum Gasteiger partial charge on any atom is -0.495 e. The van der Waals surface area contributed by atoms with Crippen molar-refractivity contribution in [3.63, 3.8) is 0 Å². The number of non-ortho nitro benzene ring substituents is 2. The fourth-order valence-electron chi connectivity index (χ4n) is 3.18. The van der Waals surface area contributed by atoms with Crippen molar-refractivity contribution in [2.45, 2.75) is 0 Å². The van der Waals surface area contributed by atoms with E-state index in [1.54, 1.807) is 0 Å². The van der Waals surface area contributed by atoms with Gasteiger partial charge in [-0.25, -0.2) is 4.79 Å². The number of hydrogen-bond donors (Lipinski definition) is 1. The summed E-state index contributed by atoms with van der Waals surface area (Å²) in [5, 5.41) is 24.5. The van der Waals surface area contributed by atoms with Crippen LogP contribution < -0.4 is 15.0 Å². The largest absolute Gasteiger partial charge is 0.495 e. The first-order valence-corrected chi connectivity index (χ1v) is 9.70. The lowest BCUT2D eigenvalue weighted by Crippen LogP contribution is -2.37. The molecule has 13 heteroatoms. The second-order valence-corrected chi connectivity index (χ2v) is 6.82. The maximum absolute atomic E-state index is 12.7. The highest BCUT2D eigenvalue weighted by molar-refractivity contribution is 5.99. The van der Waals surface area contributed by atoms with E-state index in [9.17, 15) is 29.8 Å². The maximum atomic E-state index is 12.7. The molecule has 3 rings (SSSR count). The summed E-state index contributed by atoms with van der Waals surface area (Å²) in [6.07, 6.45) is 0. The van der Waals surface area contributed by atoms with E-state index in [1.807, 2.05) is 4.90 Å². The van der Waals surface area contributed by atoms with Crippen molar-refractivity contribution < 1.29 is 33.6 Å². The quantitative estimate of drug-likeness (QED) is 0.351. The van der Waals surface area contributed by atoms with E-state index < -0.39 is 28.3 Å². The fraction of sp³-hybridized carbons (Fsp3) is 0.300. The minimum atomic E-state index is -0.929. The van der Waals surface area contributed by atoms with Gasteiger partial charge in [0.2, 0.25) is 0 Å². The molecule has 0 unspecified atom stereocenters. The summed E-state index contributed by atoms with van der Waals surface area (Å²) in [6.45, 7) is 1.09. The normalized spacial score (nSPS) is 13.2. The van der Waals surface area contributed by atoms with Gasteiger partial charge in [0, 0.05) is 37.4 Å². The van der Waals surface area contributed by atoms with Gasteiger partial charge in [-0.15, -0.1) is 0 Å². The first kappa shape index (κ1) is 23.4. The Morgan fingerprint density at radius 1 is 1.06 bits per heavy atom. The van der Waals surface area contributed by atoms with Crippen LogP contribution in [0.15, 0.2) is 36.4 Å². The van der Waals surface area contributed by atoms with Gasteiger partial charge in [-0.05, 0) is 12.1 Å². The van der Waals surface area contributed by atoms with Crippen LogP contribution in [0.2, 0.25) is 0 Å². The van der Waals surface area contributed by atoms with Crippen LogP contribution in [0, 0.1) is 20.2 Å². The lowest BCUT2D eigenvalue weighted by atomic mass is 10.1. The van der Waals surface area contributed by atoms with Crippen LogP contribution in [-0.4, -0.2) is 61.7 Å². The number of nitrogens with one attached hydrogen (secondary N) is 1. The van der Waals surface area contributed by atoms with Crippen LogP contribution in [0.1, 0.15) is 10.4 Å². The summed E-state index contributed by atoms with van der Waals surface area (Å²) >= 11 is 0. The Morgan fingerprint density at radius 2 is 1.70 bits per heavy atom. The van der Waals surface area contributed by atoms with Crippen LogP contribution in [0.5, 0.6) is 5.75 Å². The van der Waals surface area contributed by atoms with Crippen molar-refractivity contribution in [2.75, 3.05) is 50.2 Å². The number of benzene rings is 2. The van der Waals surface area contributed by atoms with Crippen LogP contribution in [0.3, 0.4) is 0 Å². The maximum Gasteiger partial charge on any atom is 0.341 e. The Kier molecular flexibility index (Phi) is 7.35. The number of esters is 1. The fourth-order valence-corrected chi connectivity index (χ4v) is 3.18. The molecule has 2 aromatic rings. The number of carbonyl (C=O) groups excluding carboxylic acids is 2. The third-order valence-corrected chi connectivity index (χ3v) is 4.76. The summed E-state index contributed by atoms with van der Waals surface area (Å²) in [5.74, 6) is -1.53. The number of carbonyl (C=O) groups is 2. The van der Waals surface area contributed by atoms with Gasteiger partial charge in [-0.2, -0.15) is 0 Å². The molecule has 13 nitrogen and oxygen atoms in total. The number of amides is 1. The predicted molar refractivity (Wildman–Crippen MR) is 115 cm³/mol. The summed E-state index contributed by atoms with van der Waals surface area (Å²) < 4.78 is 15.4. The molecule has 0 radical (unpaired) electrons. The van der Waals surface area contributed by atoms with E-state index in [1.165, 1.54) is 31.4 Å². The second kappa shape index (κ2) is 10.4. The Labute approximate surface area is 187 Å². The number of methoxy groups -OCH3 is 1. The molecule has 1 aliphatic heterocycles. The van der Waals surface area contributed by atoms with Crippen molar-refractivity contribution in [2.24, 2.45) is 0 Å². The summed E-state index contributed by atoms with van der Waals surface area (Å²) in [6, 6.07) is 7.46. The highest BCUT2D eigenvalue weighted by Crippen LogP contribution is 2.29. The average Bonchev–Trinajstić information content (AvgIpc) is 2.82. The number of nitrogens with zero attached hydrogens (tertiary/aromatic N) is 3. The van der Waals surface area contributed by atoms with E-state index in [0.717, 1.165) is 12.1 Å². The van der Waals surface area contributed by atoms with E-state index in [4.69, 9.17) is 14.2 Å². The third-order valence-electron chi connectivity index (χ3n) is 4.76. The van der Waals surface area contributed by atoms with E-state index >= 15 is 0 Å². The molecule has 1 saturated heterocycles. The Hall–Kier alpha value is -4.26. The molecule has 0 bridgehead atoms. The number of hydrogen-bond acceptors (Lipinski definition) is 10. The van der Waals surface area contributed by atoms with E-state index in [-0.39, 0.29) is 28.4 Å². The topological polar surface area (TPSA) is 163 Å². The van der Waals surface area contributed by atoms with Gasteiger partial charge in [0.25, 0.3) is 17.3 Å². The number of rotatable bonds is 8. The molecule has 33 heavy (non-hydrogen) atoms. The Bertz CT molecular complexity index is 1080. The smallest absolute Gasteiger partial charge is 0.341 e. The molecule has 1 heterocycles. The van der Waals surface area contributed by atoms with Gasteiger partial charge >= 0.3 is 5.97 Å². The van der Waals surface area contributed by atoms with Crippen molar-refractivity contribution in [1.82, 2.24) is 0 Å². The van der Waals surface area contributed by atoms with Crippen molar-refractivity contribution >= 4 is 34.6 Å². The molecule has 0 spiro atoms. The molecule has 1 amide bonds. The van der Waals surface area contributed by atoms with Crippen LogP contribution in [0.4, 0.5) is 22.7 Å². The highest BCUT2D eigenvalue weighted by Gasteiger charge is 2.24. The molecule has 0 saturated carbocycles. The molecule has 1 aliphatic rings. The predicted octanol–water partition coefficient (Wildman–Crippen LogP) is 2.14. The van der Waals surface area contributed by atoms with Gasteiger partial charge < -0.3 is 24.4 Å². The number of ether oxygens (including phenoxy) is 3. The molecule has 1 fully saturated rings. The van der Waals surface area contributed by atoms with E-state index in [0.29, 0.717) is 32.0 Å². The number of nitro groups is 2. The molecule has 0 aromatic heterocycles. The molecular formula is C20H20N4O9. The van der Waals surface area contributed by atoms with Gasteiger partial charge in [0.05, 0.1) is 47.1 Å². The second-order valence-electron chi connectivity index (χ2n) is 6.82. The van der Waals surface area contributed by atoms with E-state index in [2.05, 4.69) is 5.32 Å². The minimum absolute atomic E-state index is 0.0251. The zero-order valence-corrected chi connectivity index (χ0v) is 17.5. The van der Waals surface area contributed by atoms with Gasteiger partial charge in [0.1, 0.15) is 5.75 Å².